The molecule has 4 nitrogen and oxygen atoms in total. The van der Waals surface area contributed by atoms with Crippen molar-refractivity contribution in [1.82, 2.24) is 5.32 Å². The number of halogens is 1. The molecule has 0 radical (unpaired) electrons. The van der Waals surface area contributed by atoms with E-state index in [1.807, 2.05) is 38.1 Å². The van der Waals surface area contributed by atoms with E-state index in [1.54, 1.807) is 0 Å². The lowest BCUT2D eigenvalue weighted by molar-refractivity contribution is -0.131. The molecule has 2 rings (SSSR count). The van der Waals surface area contributed by atoms with Crippen LogP contribution in [0.3, 0.4) is 0 Å². The maximum Gasteiger partial charge on any atom is 0.227 e. The van der Waals surface area contributed by atoms with Crippen LogP contribution < -0.4 is 15.8 Å². The number of nitrogens with two attached hydrogens (primary N) is 1. The highest BCUT2D eigenvalue weighted by atomic mass is 35.5. The van der Waals surface area contributed by atoms with E-state index in [4.69, 9.17) is 10.5 Å². The summed E-state index contributed by atoms with van der Waals surface area (Å²) >= 11 is 0. The molecule has 1 amide bonds. The summed E-state index contributed by atoms with van der Waals surface area (Å²) in [5.74, 6) is 1.63. The van der Waals surface area contributed by atoms with Gasteiger partial charge < -0.3 is 15.8 Å². The Morgan fingerprint density at radius 1 is 1.30 bits per heavy atom. The Morgan fingerprint density at radius 2 is 1.96 bits per heavy atom. The lowest BCUT2D eigenvalue weighted by Gasteiger charge is -2.28. The predicted octanol–water partition coefficient (Wildman–Crippen LogP) is 3.28. The molecule has 3 N–H and O–H groups in total. The highest BCUT2D eigenvalue weighted by Gasteiger charge is 2.33. The fourth-order valence-electron chi connectivity index (χ4n) is 2.60. The van der Waals surface area contributed by atoms with E-state index < -0.39 is 5.41 Å². The molecule has 130 valence electrons. The maximum absolute atomic E-state index is 12.5. The third-order valence-electron chi connectivity index (χ3n) is 4.81. The molecule has 1 saturated carbocycles. The van der Waals surface area contributed by atoms with Crippen molar-refractivity contribution in [2.45, 2.75) is 46.1 Å². The van der Waals surface area contributed by atoms with Gasteiger partial charge in [0.25, 0.3) is 0 Å². The number of hydrogen-bond acceptors (Lipinski definition) is 3. The number of benzene rings is 1. The molecular weight excluding hydrogens is 312 g/mol. The molecule has 0 saturated heterocycles. The number of para-hydroxylation sites is 1. The summed E-state index contributed by atoms with van der Waals surface area (Å²) in [4.78, 5) is 12.5. The molecule has 1 aromatic rings. The lowest BCUT2D eigenvalue weighted by Crippen LogP contribution is -2.45. The number of nitrogens with one attached hydrogen (secondary N) is 1. The number of rotatable bonds is 9. The lowest BCUT2D eigenvalue weighted by atomic mass is 9.81. The van der Waals surface area contributed by atoms with Crippen LogP contribution in [-0.4, -0.2) is 19.1 Å². The SMILES string of the molecule is CCC(CC)(CN)C(=O)NCc1ccccc1OCC1CC1.Cl. The van der Waals surface area contributed by atoms with Gasteiger partial charge >= 0.3 is 0 Å². The van der Waals surface area contributed by atoms with E-state index in [-0.39, 0.29) is 18.3 Å². The van der Waals surface area contributed by atoms with Crippen molar-refractivity contribution in [1.29, 1.82) is 0 Å². The molecule has 1 aliphatic rings. The Bertz CT molecular complexity index is 491. The topological polar surface area (TPSA) is 64.4 Å². The number of ether oxygens (including phenoxy) is 1. The van der Waals surface area contributed by atoms with Crippen LogP contribution in [0.4, 0.5) is 0 Å². The molecule has 0 unspecified atom stereocenters. The summed E-state index contributed by atoms with van der Waals surface area (Å²) in [6, 6.07) is 7.92. The van der Waals surface area contributed by atoms with Gasteiger partial charge in [-0.3, -0.25) is 4.79 Å². The van der Waals surface area contributed by atoms with Crippen LogP contribution in [0.15, 0.2) is 24.3 Å². The zero-order valence-electron chi connectivity index (χ0n) is 14.1. The summed E-state index contributed by atoms with van der Waals surface area (Å²) in [7, 11) is 0. The van der Waals surface area contributed by atoms with Crippen molar-refractivity contribution in [2.75, 3.05) is 13.2 Å². The summed E-state index contributed by atoms with van der Waals surface area (Å²) in [5.41, 5.74) is 6.40. The summed E-state index contributed by atoms with van der Waals surface area (Å²) in [6.07, 6.45) is 4.05. The molecule has 1 aliphatic carbocycles. The third-order valence-corrected chi connectivity index (χ3v) is 4.81. The first-order valence-electron chi connectivity index (χ1n) is 8.34. The molecule has 23 heavy (non-hydrogen) atoms. The maximum atomic E-state index is 12.5. The molecule has 0 atom stereocenters. The smallest absolute Gasteiger partial charge is 0.227 e. The van der Waals surface area contributed by atoms with Crippen molar-refractivity contribution in [3.63, 3.8) is 0 Å². The Morgan fingerprint density at radius 3 is 2.52 bits per heavy atom. The van der Waals surface area contributed by atoms with Crippen molar-refractivity contribution >= 4 is 18.3 Å². The largest absolute Gasteiger partial charge is 0.493 e. The van der Waals surface area contributed by atoms with E-state index in [0.717, 1.165) is 30.8 Å². The van der Waals surface area contributed by atoms with Gasteiger partial charge in [-0.25, -0.2) is 0 Å². The molecular formula is C18H29ClN2O2. The van der Waals surface area contributed by atoms with Gasteiger partial charge in [0.1, 0.15) is 5.75 Å². The predicted molar refractivity (Wildman–Crippen MR) is 95.8 cm³/mol. The van der Waals surface area contributed by atoms with Gasteiger partial charge in [-0.1, -0.05) is 32.0 Å². The van der Waals surface area contributed by atoms with E-state index >= 15 is 0 Å². The standard InChI is InChI=1S/C18H28N2O2.ClH/c1-3-18(4-2,13-19)17(21)20-11-15-7-5-6-8-16(15)22-12-14-9-10-14;/h5-8,14H,3-4,9-13,19H2,1-2H3,(H,20,21);1H. The van der Waals surface area contributed by atoms with Crippen LogP contribution in [0.25, 0.3) is 0 Å². The van der Waals surface area contributed by atoms with E-state index in [1.165, 1.54) is 12.8 Å². The zero-order chi connectivity index (χ0) is 16.0. The van der Waals surface area contributed by atoms with Gasteiger partial charge in [-0.15, -0.1) is 12.4 Å². The Labute approximate surface area is 145 Å². The summed E-state index contributed by atoms with van der Waals surface area (Å²) in [5, 5.41) is 3.04. The Hall–Kier alpha value is -1.26. The second kappa shape index (κ2) is 9.14. The van der Waals surface area contributed by atoms with Gasteiger partial charge in [0.15, 0.2) is 0 Å². The average Bonchev–Trinajstić information content (AvgIpc) is 3.38. The minimum absolute atomic E-state index is 0. The summed E-state index contributed by atoms with van der Waals surface area (Å²) < 4.78 is 5.88. The van der Waals surface area contributed by atoms with Crippen molar-refractivity contribution in [3.8, 4) is 5.75 Å². The molecule has 0 bridgehead atoms. The zero-order valence-corrected chi connectivity index (χ0v) is 15.0. The molecule has 0 aliphatic heterocycles. The molecule has 5 heteroatoms. The number of hydrogen-bond donors (Lipinski definition) is 2. The minimum Gasteiger partial charge on any atom is -0.493 e. The second-order valence-electron chi connectivity index (χ2n) is 6.24. The molecule has 0 aromatic heterocycles. The van der Waals surface area contributed by atoms with Crippen LogP contribution in [-0.2, 0) is 11.3 Å². The highest BCUT2D eigenvalue weighted by Crippen LogP contribution is 2.30. The van der Waals surface area contributed by atoms with Crippen molar-refractivity contribution < 1.29 is 9.53 Å². The minimum atomic E-state index is -0.455. The first-order chi connectivity index (χ1) is 10.6. The molecule has 1 fully saturated rings. The normalized spacial score (nSPS) is 14.0. The van der Waals surface area contributed by atoms with Crippen LogP contribution >= 0.6 is 12.4 Å². The number of carbonyl (C=O) groups is 1. The van der Waals surface area contributed by atoms with Crippen LogP contribution in [0.1, 0.15) is 45.1 Å². The van der Waals surface area contributed by atoms with Crippen LogP contribution in [0.2, 0.25) is 0 Å². The fourth-order valence-corrected chi connectivity index (χ4v) is 2.60. The average molecular weight is 341 g/mol. The summed E-state index contributed by atoms with van der Waals surface area (Å²) in [6.45, 7) is 5.68. The monoisotopic (exact) mass is 340 g/mol. The Balaban J connectivity index is 0.00000264. The van der Waals surface area contributed by atoms with Gasteiger partial charge in [-0.05, 0) is 37.7 Å². The molecule has 1 aromatic carbocycles. The highest BCUT2D eigenvalue weighted by molar-refractivity contribution is 5.85. The van der Waals surface area contributed by atoms with Crippen molar-refractivity contribution in [3.05, 3.63) is 29.8 Å². The number of amides is 1. The van der Waals surface area contributed by atoms with E-state index in [0.29, 0.717) is 19.0 Å². The van der Waals surface area contributed by atoms with Gasteiger partial charge in [0.05, 0.1) is 12.0 Å². The quantitative estimate of drug-likeness (QED) is 0.725. The number of carbonyl (C=O) groups excluding carboxylic acids is 1. The molecule has 0 heterocycles. The van der Waals surface area contributed by atoms with Crippen LogP contribution in [0, 0.1) is 11.3 Å². The van der Waals surface area contributed by atoms with Gasteiger partial charge in [-0.2, -0.15) is 0 Å². The third kappa shape index (κ3) is 5.11. The van der Waals surface area contributed by atoms with Gasteiger partial charge in [0, 0.05) is 18.7 Å². The first kappa shape index (κ1) is 19.8. The first-order valence-corrected chi connectivity index (χ1v) is 8.34. The Kier molecular flexibility index (Phi) is 7.86. The van der Waals surface area contributed by atoms with E-state index in [9.17, 15) is 4.79 Å². The fraction of sp³-hybridized carbons (Fsp3) is 0.611. The second-order valence-corrected chi connectivity index (χ2v) is 6.24. The van der Waals surface area contributed by atoms with Gasteiger partial charge in [0.2, 0.25) is 5.91 Å². The van der Waals surface area contributed by atoms with Crippen molar-refractivity contribution in [2.24, 2.45) is 17.1 Å². The van der Waals surface area contributed by atoms with E-state index in [2.05, 4.69) is 5.32 Å². The van der Waals surface area contributed by atoms with Crippen LogP contribution in [0.5, 0.6) is 5.75 Å². The molecule has 0 spiro atoms.